The number of hydrogen-bond donors (Lipinski definition) is 2. The molecule has 6 rings (SSSR count). The van der Waals surface area contributed by atoms with E-state index < -0.39 is 53.8 Å². The van der Waals surface area contributed by atoms with E-state index in [9.17, 15) is 31.5 Å². The van der Waals surface area contributed by atoms with Crippen molar-refractivity contribution in [2.75, 3.05) is 19.8 Å². The van der Waals surface area contributed by atoms with Crippen molar-refractivity contribution in [3.05, 3.63) is 41.2 Å². The van der Waals surface area contributed by atoms with Gasteiger partial charge in [-0.05, 0) is 44.6 Å². The summed E-state index contributed by atoms with van der Waals surface area (Å²) in [5.74, 6) is -6.50. The Labute approximate surface area is 261 Å². The number of aromatic nitrogens is 6. The Balaban J connectivity index is 1.37. The second-order valence-corrected chi connectivity index (χ2v) is 13.0. The summed E-state index contributed by atoms with van der Waals surface area (Å²) in [7, 11) is 0. The summed E-state index contributed by atoms with van der Waals surface area (Å²) in [5.41, 5.74) is 0.912. The molecule has 11 nitrogen and oxygen atoms in total. The van der Waals surface area contributed by atoms with E-state index in [0.717, 1.165) is 0 Å². The Bertz CT molecular complexity index is 1590. The van der Waals surface area contributed by atoms with Crippen molar-refractivity contribution in [2.45, 2.75) is 88.9 Å². The Morgan fingerprint density at radius 1 is 1.22 bits per heavy atom. The zero-order chi connectivity index (χ0) is 32.9. The van der Waals surface area contributed by atoms with E-state index in [1.807, 2.05) is 13.8 Å². The van der Waals surface area contributed by atoms with Gasteiger partial charge in [0.25, 0.3) is 11.7 Å². The van der Waals surface area contributed by atoms with Crippen molar-refractivity contribution in [1.29, 1.82) is 0 Å². The molecule has 4 atom stereocenters. The van der Waals surface area contributed by atoms with Crippen LogP contribution in [0.2, 0.25) is 0 Å². The highest BCUT2D eigenvalue weighted by atomic mass is 19.4. The molecule has 1 aliphatic carbocycles. The van der Waals surface area contributed by atoms with Gasteiger partial charge in [-0.3, -0.25) is 14.3 Å². The van der Waals surface area contributed by atoms with Gasteiger partial charge in [-0.15, -0.1) is 0 Å². The van der Waals surface area contributed by atoms with Crippen LogP contribution >= 0.6 is 0 Å². The molecule has 46 heavy (non-hydrogen) atoms. The second kappa shape index (κ2) is 12.2. The van der Waals surface area contributed by atoms with Gasteiger partial charge in [-0.1, -0.05) is 6.92 Å². The number of alkyl halides is 5. The Hall–Kier alpha value is -3.69. The number of piperidine rings is 1. The number of nitrogens with zero attached hydrogens (tertiary/aromatic N) is 6. The molecule has 3 aromatic heterocycles. The number of ether oxygens (including phenoxy) is 1. The number of imidazole rings is 1. The maximum Gasteiger partial charge on any atom is 0.393 e. The third-order valence-corrected chi connectivity index (χ3v) is 9.64. The van der Waals surface area contributed by atoms with Gasteiger partial charge in [0.05, 0.1) is 41.8 Å². The number of halogens is 5. The molecule has 2 aliphatic heterocycles. The van der Waals surface area contributed by atoms with Crippen LogP contribution in [0.4, 0.5) is 22.0 Å². The van der Waals surface area contributed by atoms with Crippen molar-refractivity contribution in [2.24, 2.45) is 17.8 Å². The quantitative estimate of drug-likeness (QED) is 0.350. The topological polar surface area (TPSA) is 128 Å². The van der Waals surface area contributed by atoms with Crippen LogP contribution in [0.3, 0.4) is 0 Å². The summed E-state index contributed by atoms with van der Waals surface area (Å²) in [6.07, 6.45) is -1.57. The van der Waals surface area contributed by atoms with Gasteiger partial charge >= 0.3 is 6.18 Å². The summed E-state index contributed by atoms with van der Waals surface area (Å²) >= 11 is 0. The lowest BCUT2D eigenvalue weighted by Gasteiger charge is -2.33. The van der Waals surface area contributed by atoms with Crippen molar-refractivity contribution < 1.29 is 36.3 Å². The Morgan fingerprint density at radius 3 is 2.65 bits per heavy atom. The van der Waals surface area contributed by atoms with Crippen LogP contribution in [0.25, 0.3) is 5.78 Å². The number of nitrogens with one attached hydrogen (secondary N) is 2. The van der Waals surface area contributed by atoms with Crippen LogP contribution in [0.5, 0.6) is 0 Å². The Morgan fingerprint density at radius 2 is 1.98 bits per heavy atom. The molecule has 3 fully saturated rings. The lowest BCUT2D eigenvalue weighted by molar-refractivity contribution is -0.183. The molecule has 3 aromatic rings. The largest absolute Gasteiger partial charge is 0.393 e. The molecule has 2 saturated heterocycles. The number of carbonyl (C=O) groups is 2. The predicted molar refractivity (Wildman–Crippen MR) is 153 cm³/mol. The normalized spacial score (nSPS) is 26.3. The van der Waals surface area contributed by atoms with E-state index in [2.05, 4.69) is 15.7 Å². The summed E-state index contributed by atoms with van der Waals surface area (Å²) < 4.78 is 77.6. The minimum Gasteiger partial charge on any atom is -0.380 e. The van der Waals surface area contributed by atoms with Crippen LogP contribution < -0.4 is 10.6 Å². The molecule has 250 valence electrons. The molecule has 1 unspecified atom stereocenters. The van der Waals surface area contributed by atoms with E-state index in [-0.39, 0.29) is 50.2 Å². The average molecular weight is 653 g/mol. The molecule has 0 spiro atoms. The molecule has 1 saturated carbocycles. The van der Waals surface area contributed by atoms with E-state index in [0.29, 0.717) is 49.0 Å². The van der Waals surface area contributed by atoms with Crippen LogP contribution in [0.1, 0.15) is 86.0 Å². The number of carbonyl (C=O) groups excluding carboxylic acids is 2. The summed E-state index contributed by atoms with van der Waals surface area (Å²) in [4.78, 5) is 35.7. The molecule has 16 heteroatoms. The molecular weight excluding hydrogens is 615 g/mol. The summed E-state index contributed by atoms with van der Waals surface area (Å²) in [5, 5.41) is 14.3. The smallest absolute Gasteiger partial charge is 0.380 e. The second-order valence-electron chi connectivity index (χ2n) is 13.0. The first-order valence-corrected chi connectivity index (χ1v) is 15.7. The van der Waals surface area contributed by atoms with E-state index in [4.69, 9.17) is 19.8 Å². The first-order valence-electron chi connectivity index (χ1n) is 15.7. The maximum absolute atomic E-state index is 14.1. The molecule has 0 bridgehead atoms. The molecular formula is C30H37F5N8O3. The van der Waals surface area contributed by atoms with E-state index in [1.165, 1.54) is 15.4 Å². The van der Waals surface area contributed by atoms with Gasteiger partial charge in [-0.2, -0.15) is 23.4 Å². The number of amides is 2. The van der Waals surface area contributed by atoms with Crippen molar-refractivity contribution in [3.63, 3.8) is 0 Å². The molecule has 2 amide bonds. The van der Waals surface area contributed by atoms with Crippen LogP contribution in [0.15, 0.2) is 18.5 Å². The third-order valence-electron chi connectivity index (χ3n) is 9.64. The highest BCUT2D eigenvalue weighted by Gasteiger charge is 2.46. The van der Waals surface area contributed by atoms with Crippen molar-refractivity contribution in [3.8, 4) is 0 Å². The molecule has 0 radical (unpaired) electrons. The van der Waals surface area contributed by atoms with Crippen molar-refractivity contribution in [1.82, 2.24) is 40.0 Å². The lowest BCUT2D eigenvalue weighted by Crippen LogP contribution is -2.47. The van der Waals surface area contributed by atoms with Crippen LogP contribution in [-0.2, 0) is 27.9 Å². The zero-order valence-corrected chi connectivity index (χ0v) is 25.6. The highest BCUT2D eigenvalue weighted by Crippen LogP contribution is 2.42. The lowest BCUT2D eigenvalue weighted by atomic mass is 9.81. The third kappa shape index (κ3) is 6.45. The molecule has 3 aliphatic rings. The fourth-order valence-electron chi connectivity index (χ4n) is 6.88. The number of fused-ring (bicyclic) bond motifs is 1. The molecule has 5 heterocycles. The first-order chi connectivity index (χ1) is 21.8. The summed E-state index contributed by atoms with van der Waals surface area (Å²) in [6.45, 7) is 4.52. The van der Waals surface area contributed by atoms with Gasteiger partial charge in [0.1, 0.15) is 5.69 Å². The van der Waals surface area contributed by atoms with Gasteiger partial charge in [-0.25, -0.2) is 23.3 Å². The van der Waals surface area contributed by atoms with Crippen LogP contribution in [-0.4, -0.2) is 73.0 Å². The average Bonchev–Trinajstić information content (AvgIpc) is 3.76. The molecule has 2 N–H and O–H groups in total. The minimum atomic E-state index is -4.45. The zero-order valence-electron chi connectivity index (χ0n) is 25.6. The molecule has 0 aromatic carbocycles. The van der Waals surface area contributed by atoms with Gasteiger partial charge in [0.15, 0.2) is 0 Å². The standard InChI is InChI=1S/C30H37F5N8O3/c1-3-42-22(6-10-37-42)26(45)39-23(17-4-7-29(31,32)8-5-17)21-15-43-27(38-21)40-24(28(2)9-11-46-16-28)20(41-43)13-18-12-19(30(33,34)35)14-36-25(18)44/h6,10,15,17-19,23H,3-5,7-9,11-14,16H2,1-2H3,(H,36,44)(H,39,45)/t18-,19-,23+,28?/m1/s1. The number of hydrogen-bond acceptors (Lipinski definition) is 7. The summed E-state index contributed by atoms with van der Waals surface area (Å²) in [6, 6.07) is 0.826. The Kier molecular flexibility index (Phi) is 8.52. The fourth-order valence-corrected chi connectivity index (χ4v) is 6.88. The number of aryl methyl sites for hydroxylation is 1. The highest BCUT2D eigenvalue weighted by molar-refractivity contribution is 5.92. The van der Waals surface area contributed by atoms with Gasteiger partial charge in [0.2, 0.25) is 11.8 Å². The monoisotopic (exact) mass is 652 g/mol. The fraction of sp³-hybridized carbons (Fsp3) is 0.667. The number of rotatable bonds is 8. The SMILES string of the molecule is CCn1nccc1C(=O)N[C@H](c1cn2nc(C[C@H]3C[C@@H](C(F)(F)F)CNC3=O)c(C3(C)CCOC3)nc2n1)C1CCC(F)(F)CC1. The predicted octanol–water partition coefficient (Wildman–Crippen LogP) is 4.17. The van der Waals surface area contributed by atoms with Gasteiger partial charge < -0.3 is 15.4 Å². The van der Waals surface area contributed by atoms with Crippen LogP contribution in [0, 0.1) is 17.8 Å². The maximum atomic E-state index is 14.1. The van der Waals surface area contributed by atoms with Crippen molar-refractivity contribution >= 4 is 17.6 Å². The van der Waals surface area contributed by atoms with Gasteiger partial charge in [0, 0.05) is 56.5 Å². The van der Waals surface area contributed by atoms with E-state index in [1.54, 1.807) is 12.3 Å². The minimum absolute atomic E-state index is 0.0708. The first kappa shape index (κ1) is 32.3. The van der Waals surface area contributed by atoms with E-state index >= 15 is 0 Å².